The fourth-order valence-corrected chi connectivity index (χ4v) is 1.31. The highest BCUT2D eigenvalue weighted by Gasteiger charge is 2.12. The summed E-state index contributed by atoms with van der Waals surface area (Å²) >= 11 is 0. The molecule has 0 saturated carbocycles. The van der Waals surface area contributed by atoms with Crippen molar-refractivity contribution in [3.63, 3.8) is 0 Å². The number of nitrogens with zero attached hydrogens (tertiary/aromatic N) is 1. The molecule has 0 aliphatic heterocycles. The molecule has 1 atom stereocenters. The fourth-order valence-electron chi connectivity index (χ4n) is 1.31. The summed E-state index contributed by atoms with van der Waals surface area (Å²) in [6.45, 7) is 4.03. The van der Waals surface area contributed by atoms with E-state index in [2.05, 4.69) is 0 Å². The Balaban J connectivity index is 2.96. The summed E-state index contributed by atoms with van der Waals surface area (Å²) in [6, 6.07) is 10.9. The third-order valence-corrected chi connectivity index (χ3v) is 2.50. The number of nitriles is 1. The summed E-state index contributed by atoms with van der Waals surface area (Å²) in [5.74, 6) is 0.0608. The minimum absolute atomic E-state index is 0.191. The molecule has 1 aromatic rings. The van der Waals surface area contributed by atoms with Crippen molar-refractivity contribution < 1.29 is 4.79 Å². The van der Waals surface area contributed by atoms with Gasteiger partial charge in [-0.2, -0.15) is 5.26 Å². The lowest BCUT2D eigenvalue weighted by Crippen LogP contribution is -2.03. The summed E-state index contributed by atoms with van der Waals surface area (Å²) in [5.41, 5.74) is 0.805. The lowest BCUT2D eigenvalue weighted by molar-refractivity contribution is 0.103. The van der Waals surface area contributed by atoms with E-state index >= 15 is 0 Å². The van der Waals surface area contributed by atoms with Crippen LogP contribution in [0.4, 0.5) is 0 Å². The first-order valence-corrected chi connectivity index (χ1v) is 5.40. The first kappa shape index (κ1) is 12.2. The highest BCUT2D eigenvalue weighted by molar-refractivity contribution is 6.11. The van der Waals surface area contributed by atoms with E-state index in [9.17, 15) is 4.79 Å². The largest absolute Gasteiger partial charge is 0.288 e. The van der Waals surface area contributed by atoms with Crippen LogP contribution in [-0.4, -0.2) is 5.78 Å². The van der Waals surface area contributed by atoms with E-state index in [1.165, 1.54) is 0 Å². The predicted molar refractivity (Wildman–Crippen MR) is 63.9 cm³/mol. The number of rotatable bonds is 4. The van der Waals surface area contributed by atoms with Crippen LogP contribution < -0.4 is 0 Å². The van der Waals surface area contributed by atoms with E-state index in [-0.39, 0.29) is 17.3 Å². The van der Waals surface area contributed by atoms with Gasteiger partial charge in [-0.25, -0.2) is 0 Å². The Hall–Kier alpha value is -1.88. The average Bonchev–Trinajstić information content (AvgIpc) is 2.35. The number of ketones is 1. The molecule has 2 heteroatoms. The first-order valence-electron chi connectivity index (χ1n) is 5.40. The van der Waals surface area contributed by atoms with Gasteiger partial charge in [-0.1, -0.05) is 56.7 Å². The topological polar surface area (TPSA) is 40.9 Å². The normalized spacial score (nSPS) is 12.9. The SMILES string of the molecule is CCC(C)/C=C(/C#N)C(=O)c1ccccc1. The van der Waals surface area contributed by atoms with Gasteiger partial charge in [0.25, 0.3) is 0 Å². The maximum Gasteiger partial charge on any atom is 0.203 e. The average molecular weight is 213 g/mol. The molecule has 0 fully saturated rings. The molecule has 0 bridgehead atoms. The molecule has 0 aliphatic carbocycles. The molecular formula is C14H15NO. The number of Topliss-reactive ketones (excluding diaryl/α,β-unsaturated/α-hetero) is 1. The third-order valence-electron chi connectivity index (χ3n) is 2.50. The molecule has 0 aromatic heterocycles. The zero-order valence-electron chi connectivity index (χ0n) is 9.60. The lowest BCUT2D eigenvalue weighted by Gasteiger charge is -2.03. The Morgan fingerprint density at radius 1 is 1.44 bits per heavy atom. The summed E-state index contributed by atoms with van der Waals surface area (Å²) in [7, 11) is 0. The van der Waals surface area contributed by atoms with Crippen LogP contribution in [0.15, 0.2) is 42.0 Å². The number of hydrogen-bond acceptors (Lipinski definition) is 2. The number of carbonyl (C=O) groups is 1. The standard InChI is InChI=1S/C14H15NO/c1-3-11(2)9-13(10-15)14(16)12-7-5-4-6-8-12/h4-9,11H,3H2,1-2H3/b13-9-. The summed E-state index contributed by atoms with van der Waals surface area (Å²) < 4.78 is 0. The first-order chi connectivity index (χ1) is 7.69. The number of benzene rings is 1. The number of carbonyl (C=O) groups excluding carboxylic acids is 1. The minimum Gasteiger partial charge on any atom is -0.288 e. The van der Waals surface area contributed by atoms with Gasteiger partial charge in [0.05, 0.1) is 5.57 Å². The zero-order valence-corrected chi connectivity index (χ0v) is 9.60. The van der Waals surface area contributed by atoms with Crippen molar-refractivity contribution in [2.24, 2.45) is 5.92 Å². The predicted octanol–water partition coefficient (Wildman–Crippen LogP) is 3.37. The van der Waals surface area contributed by atoms with Crippen LogP contribution in [-0.2, 0) is 0 Å². The van der Waals surface area contributed by atoms with Gasteiger partial charge in [0.1, 0.15) is 6.07 Å². The molecule has 0 radical (unpaired) electrons. The van der Waals surface area contributed by atoms with E-state index in [4.69, 9.17) is 5.26 Å². The molecule has 0 N–H and O–H groups in total. The smallest absolute Gasteiger partial charge is 0.203 e. The molecular weight excluding hydrogens is 198 g/mol. The molecule has 0 saturated heterocycles. The van der Waals surface area contributed by atoms with Crippen molar-refractivity contribution in [2.45, 2.75) is 20.3 Å². The Morgan fingerprint density at radius 2 is 2.06 bits per heavy atom. The molecule has 0 aliphatic rings. The van der Waals surface area contributed by atoms with Crippen molar-refractivity contribution in [1.82, 2.24) is 0 Å². The van der Waals surface area contributed by atoms with Crippen LogP contribution in [0.1, 0.15) is 30.6 Å². The summed E-state index contributed by atoms with van der Waals surface area (Å²) in [4.78, 5) is 11.9. The van der Waals surface area contributed by atoms with E-state index in [1.54, 1.807) is 30.3 Å². The van der Waals surface area contributed by atoms with Gasteiger partial charge < -0.3 is 0 Å². The fraction of sp³-hybridized carbons (Fsp3) is 0.286. The Kier molecular flexibility index (Phi) is 4.47. The van der Waals surface area contributed by atoms with E-state index in [0.29, 0.717) is 5.56 Å². The van der Waals surface area contributed by atoms with E-state index in [1.807, 2.05) is 26.0 Å². The highest BCUT2D eigenvalue weighted by atomic mass is 16.1. The lowest BCUT2D eigenvalue weighted by atomic mass is 9.99. The number of allylic oxidation sites excluding steroid dienone is 2. The van der Waals surface area contributed by atoms with Gasteiger partial charge in [0.2, 0.25) is 5.78 Å². The van der Waals surface area contributed by atoms with Crippen molar-refractivity contribution in [3.05, 3.63) is 47.5 Å². The molecule has 0 spiro atoms. The summed E-state index contributed by atoms with van der Waals surface area (Å²) in [5, 5.41) is 8.96. The second-order valence-corrected chi connectivity index (χ2v) is 3.77. The quantitative estimate of drug-likeness (QED) is 0.437. The highest BCUT2D eigenvalue weighted by Crippen LogP contribution is 2.12. The Bertz CT molecular complexity index is 426. The van der Waals surface area contributed by atoms with E-state index in [0.717, 1.165) is 6.42 Å². The molecule has 0 amide bonds. The molecule has 0 heterocycles. The molecule has 82 valence electrons. The van der Waals surface area contributed by atoms with Gasteiger partial charge in [0, 0.05) is 5.56 Å². The van der Waals surface area contributed by atoms with Gasteiger partial charge in [-0.15, -0.1) is 0 Å². The Morgan fingerprint density at radius 3 is 2.56 bits per heavy atom. The van der Waals surface area contributed by atoms with Crippen LogP contribution in [0.5, 0.6) is 0 Å². The van der Waals surface area contributed by atoms with Gasteiger partial charge in [-0.3, -0.25) is 4.79 Å². The van der Waals surface area contributed by atoms with Gasteiger partial charge >= 0.3 is 0 Å². The van der Waals surface area contributed by atoms with Gasteiger partial charge in [-0.05, 0) is 5.92 Å². The van der Waals surface area contributed by atoms with Crippen molar-refractivity contribution in [1.29, 1.82) is 5.26 Å². The van der Waals surface area contributed by atoms with Gasteiger partial charge in [0.15, 0.2) is 0 Å². The van der Waals surface area contributed by atoms with Crippen molar-refractivity contribution >= 4 is 5.78 Å². The molecule has 16 heavy (non-hydrogen) atoms. The Labute approximate surface area is 96.2 Å². The van der Waals surface area contributed by atoms with Crippen LogP contribution >= 0.6 is 0 Å². The third kappa shape index (κ3) is 3.06. The van der Waals surface area contributed by atoms with Crippen molar-refractivity contribution in [3.8, 4) is 6.07 Å². The maximum absolute atomic E-state index is 11.9. The van der Waals surface area contributed by atoms with Crippen LogP contribution in [0.25, 0.3) is 0 Å². The molecule has 1 aromatic carbocycles. The maximum atomic E-state index is 11.9. The second-order valence-electron chi connectivity index (χ2n) is 3.77. The zero-order chi connectivity index (χ0) is 12.0. The van der Waals surface area contributed by atoms with Crippen molar-refractivity contribution in [2.75, 3.05) is 0 Å². The monoisotopic (exact) mass is 213 g/mol. The van der Waals surface area contributed by atoms with Crippen LogP contribution in [0.2, 0.25) is 0 Å². The summed E-state index contributed by atoms with van der Waals surface area (Å²) in [6.07, 6.45) is 2.67. The van der Waals surface area contributed by atoms with E-state index < -0.39 is 0 Å². The molecule has 2 nitrogen and oxygen atoms in total. The molecule has 1 unspecified atom stereocenters. The second kappa shape index (κ2) is 5.87. The van der Waals surface area contributed by atoms with Crippen LogP contribution in [0.3, 0.4) is 0 Å². The van der Waals surface area contributed by atoms with Crippen LogP contribution in [0, 0.1) is 17.2 Å². The minimum atomic E-state index is -0.191. The number of hydrogen-bond donors (Lipinski definition) is 0. The molecule has 1 rings (SSSR count).